The number of carbonyl (C=O) groups is 1. The molecule has 1 saturated carbocycles. The molecule has 0 aliphatic heterocycles. The Hall–Kier alpha value is -0.520. The third kappa shape index (κ3) is 3.81. The van der Waals surface area contributed by atoms with Gasteiger partial charge < -0.3 is 0 Å². The molecule has 0 saturated heterocycles. The van der Waals surface area contributed by atoms with Crippen LogP contribution in [0.25, 0.3) is 0 Å². The van der Waals surface area contributed by atoms with E-state index < -0.39 is 20.9 Å². The quantitative estimate of drug-likeness (QED) is 0.795. The molecular weight excluding hydrogens is 316 g/mol. The summed E-state index contributed by atoms with van der Waals surface area (Å²) in [5.41, 5.74) is 0. The van der Waals surface area contributed by atoms with Gasteiger partial charge in [-0.05, 0) is 0 Å². The van der Waals surface area contributed by atoms with Crippen LogP contribution in [0.4, 0.5) is 4.79 Å². The standard InChI is InChI=1S/C13H16O2Te/c14-13(15-11-7-3-1-4-8-11)16-12-9-5-2-6-10-12/h2,5-6,9-11H,1,3-4,7-8H2. The fraction of sp³-hybridized carbons (Fsp3) is 0.462. The van der Waals surface area contributed by atoms with Crippen molar-refractivity contribution in [3.8, 4) is 0 Å². The van der Waals surface area contributed by atoms with Crippen LogP contribution in [0.15, 0.2) is 30.3 Å². The van der Waals surface area contributed by atoms with Crippen molar-refractivity contribution in [1.29, 1.82) is 0 Å². The van der Waals surface area contributed by atoms with Gasteiger partial charge in [-0.25, -0.2) is 0 Å². The Bertz CT molecular complexity index is 331. The summed E-state index contributed by atoms with van der Waals surface area (Å²) in [7, 11) is 0. The van der Waals surface area contributed by atoms with Crippen LogP contribution in [0.5, 0.6) is 0 Å². The summed E-state index contributed by atoms with van der Waals surface area (Å²) in [4.78, 5) is 11.7. The molecule has 2 rings (SSSR count). The average Bonchev–Trinajstić information content (AvgIpc) is 2.31. The molecule has 0 spiro atoms. The van der Waals surface area contributed by atoms with Crippen molar-refractivity contribution >= 4 is 28.6 Å². The number of benzene rings is 1. The fourth-order valence-electron chi connectivity index (χ4n) is 1.93. The van der Waals surface area contributed by atoms with Crippen molar-refractivity contribution in [2.75, 3.05) is 0 Å². The van der Waals surface area contributed by atoms with E-state index >= 15 is 0 Å². The molecule has 1 fully saturated rings. The van der Waals surface area contributed by atoms with Crippen LogP contribution in [-0.2, 0) is 4.74 Å². The molecule has 1 aliphatic carbocycles. The second kappa shape index (κ2) is 6.27. The zero-order valence-corrected chi connectivity index (χ0v) is 11.6. The van der Waals surface area contributed by atoms with Gasteiger partial charge in [-0.15, -0.1) is 0 Å². The summed E-state index contributed by atoms with van der Waals surface area (Å²) < 4.78 is 6.72. The number of hydrogen-bond acceptors (Lipinski definition) is 2. The van der Waals surface area contributed by atoms with Crippen LogP contribution in [0.1, 0.15) is 32.1 Å². The Morgan fingerprint density at radius 1 is 1.12 bits per heavy atom. The van der Waals surface area contributed by atoms with E-state index in [1.807, 2.05) is 30.3 Å². The van der Waals surface area contributed by atoms with Crippen molar-refractivity contribution in [1.82, 2.24) is 0 Å². The summed E-state index contributed by atoms with van der Waals surface area (Å²) in [5, 5.41) is 0. The van der Waals surface area contributed by atoms with Crippen LogP contribution < -0.4 is 3.61 Å². The first-order chi connectivity index (χ1) is 7.84. The molecule has 0 heterocycles. The summed E-state index contributed by atoms with van der Waals surface area (Å²) in [6, 6.07) is 9.97. The van der Waals surface area contributed by atoms with Gasteiger partial charge in [0.15, 0.2) is 0 Å². The number of rotatable bonds is 3. The van der Waals surface area contributed by atoms with Crippen LogP contribution in [-0.4, -0.2) is 31.0 Å². The van der Waals surface area contributed by atoms with Crippen molar-refractivity contribution in [2.45, 2.75) is 38.2 Å². The number of ether oxygens (including phenoxy) is 1. The molecule has 3 heteroatoms. The predicted octanol–water partition coefficient (Wildman–Crippen LogP) is 2.49. The predicted molar refractivity (Wildman–Crippen MR) is 65.2 cm³/mol. The first-order valence-corrected chi connectivity index (χ1v) is 8.11. The topological polar surface area (TPSA) is 26.3 Å². The molecular formula is C13H16O2Te. The second-order valence-corrected chi connectivity index (χ2v) is 6.92. The molecule has 0 unspecified atom stereocenters. The van der Waals surface area contributed by atoms with Crippen LogP contribution in [0.3, 0.4) is 0 Å². The first-order valence-electron chi connectivity index (χ1n) is 5.78. The zero-order valence-electron chi connectivity index (χ0n) is 9.22. The molecule has 2 nitrogen and oxygen atoms in total. The van der Waals surface area contributed by atoms with Gasteiger partial charge in [0, 0.05) is 0 Å². The Labute approximate surface area is 106 Å². The van der Waals surface area contributed by atoms with Crippen LogP contribution in [0.2, 0.25) is 0 Å². The third-order valence-electron chi connectivity index (χ3n) is 2.76. The molecule has 0 N–H and O–H groups in total. The van der Waals surface area contributed by atoms with Gasteiger partial charge in [0.05, 0.1) is 0 Å². The van der Waals surface area contributed by atoms with Crippen LogP contribution in [0, 0.1) is 0 Å². The Balaban J connectivity index is 1.80. The van der Waals surface area contributed by atoms with Gasteiger partial charge in [-0.3, -0.25) is 0 Å². The van der Waals surface area contributed by atoms with Gasteiger partial charge in [0.1, 0.15) is 0 Å². The van der Waals surface area contributed by atoms with E-state index in [2.05, 4.69) is 0 Å². The molecule has 1 aliphatic rings. The summed E-state index contributed by atoms with van der Waals surface area (Å²) >= 11 is -0.810. The molecule has 86 valence electrons. The normalized spacial score (nSPS) is 17.0. The van der Waals surface area contributed by atoms with Gasteiger partial charge >= 0.3 is 107 Å². The van der Waals surface area contributed by atoms with Crippen molar-refractivity contribution in [3.05, 3.63) is 30.3 Å². The van der Waals surface area contributed by atoms with E-state index in [0.717, 1.165) is 16.5 Å². The fourth-order valence-corrected chi connectivity index (χ4v) is 3.84. The Kier molecular flexibility index (Phi) is 4.69. The van der Waals surface area contributed by atoms with E-state index in [9.17, 15) is 4.79 Å². The number of hydrogen-bond donors (Lipinski definition) is 0. The van der Waals surface area contributed by atoms with E-state index in [-0.39, 0.29) is 10.1 Å². The molecule has 1 aromatic rings. The van der Waals surface area contributed by atoms with Gasteiger partial charge in [0.25, 0.3) is 0 Å². The van der Waals surface area contributed by atoms with E-state index in [1.54, 1.807) is 0 Å². The molecule has 16 heavy (non-hydrogen) atoms. The van der Waals surface area contributed by atoms with Crippen molar-refractivity contribution < 1.29 is 9.53 Å². The Morgan fingerprint density at radius 2 is 1.81 bits per heavy atom. The van der Waals surface area contributed by atoms with Crippen LogP contribution >= 0.6 is 0 Å². The molecule has 0 radical (unpaired) electrons. The summed E-state index contributed by atoms with van der Waals surface area (Å²) in [6.45, 7) is 0. The minimum atomic E-state index is -0.810. The maximum absolute atomic E-state index is 11.7. The molecule has 0 bridgehead atoms. The third-order valence-corrected chi connectivity index (χ3v) is 4.96. The monoisotopic (exact) mass is 334 g/mol. The first kappa shape index (κ1) is 12.0. The van der Waals surface area contributed by atoms with Crippen molar-refractivity contribution in [2.24, 2.45) is 0 Å². The summed E-state index contributed by atoms with van der Waals surface area (Å²) in [6.07, 6.45) is 6.05. The second-order valence-electron chi connectivity index (χ2n) is 4.04. The Morgan fingerprint density at radius 3 is 2.50 bits per heavy atom. The minimum absolute atomic E-state index is 0.0449. The SMILES string of the molecule is O=C(OC1CCCCC1)[Te]c1ccccc1. The average molecular weight is 332 g/mol. The van der Waals surface area contributed by atoms with E-state index in [4.69, 9.17) is 4.74 Å². The van der Waals surface area contributed by atoms with Crippen molar-refractivity contribution in [3.63, 3.8) is 0 Å². The number of carbonyl (C=O) groups excluding carboxylic acids is 1. The zero-order chi connectivity index (χ0) is 11.2. The van der Waals surface area contributed by atoms with Gasteiger partial charge in [-0.2, -0.15) is 0 Å². The molecule has 0 atom stereocenters. The van der Waals surface area contributed by atoms with Gasteiger partial charge in [0.2, 0.25) is 0 Å². The van der Waals surface area contributed by atoms with Gasteiger partial charge in [-0.1, -0.05) is 0 Å². The summed E-state index contributed by atoms with van der Waals surface area (Å²) in [5.74, 6) is 0. The molecule has 1 aromatic carbocycles. The molecule has 0 amide bonds. The maximum atomic E-state index is 11.7. The molecule has 0 aromatic heterocycles. The van der Waals surface area contributed by atoms with E-state index in [1.165, 1.54) is 19.3 Å². The van der Waals surface area contributed by atoms with E-state index in [0.29, 0.717) is 0 Å².